The van der Waals surface area contributed by atoms with Gasteiger partial charge in [-0.25, -0.2) is 9.78 Å². The zero-order valence-electron chi connectivity index (χ0n) is 18.8. The zero-order chi connectivity index (χ0) is 23.5. The van der Waals surface area contributed by atoms with Crippen LogP contribution >= 0.6 is 23.1 Å². The number of rotatable bonds is 7. The highest BCUT2D eigenvalue weighted by atomic mass is 32.2. The summed E-state index contributed by atoms with van der Waals surface area (Å²) in [6, 6.07) is 5.32. The third-order valence-electron chi connectivity index (χ3n) is 5.48. The highest BCUT2D eigenvalue weighted by Gasteiger charge is 2.24. The standard InChI is InChI=1S/C23H26N4O4S2/c1-13-7-8-16(14(2)11-13)27-21(29)19-15-5-4-6-17(15)33-20(19)26-23(27)32-12-18(28)25-22(30)24-9-10-31-3/h7-8,11H,4-6,9-10,12H2,1-3H3,(H2,24,25,28,30). The van der Waals surface area contributed by atoms with Crippen LogP contribution in [0.2, 0.25) is 0 Å². The molecule has 3 amide bonds. The first-order valence-corrected chi connectivity index (χ1v) is 12.5. The Bertz CT molecular complexity index is 1280. The molecule has 2 N–H and O–H groups in total. The number of fused-ring (bicyclic) bond motifs is 3. The second-order valence-corrected chi connectivity index (χ2v) is 9.97. The molecule has 0 radical (unpaired) electrons. The Morgan fingerprint density at radius 2 is 2.09 bits per heavy atom. The van der Waals surface area contributed by atoms with Crippen molar-refractivity contribution in [3.05, 3.63) is 50.1 Å². The van der Waals surface area contributed by atoms with Crippen LogP contribution in [-0.4, -0.2) is 47.5 Å². The fraction of sp³-hybridized carbons (Fsp3) is 0.391. The van der Waals surface area contributed by atoms with Crippen LogP contribution in [0.4, 0.5) is 4.79 Å². The number of amides is 3. The van der Waals surface area contributed by atoms with Crippen LogP contribution in [0, 0.1) is 13.8 Å². The summed E-state index contributed by atoms with van der Waals surface area (Å²) >= 11 is 2.71. The molecule has 174 valence electrons. The average molecular weight is 487 g/mol. The first-order chi connectivity index (χ1) is 15.9. The van der Waals surface area contributed by atoms with Gasteiger partial charge in [-0.3, -0.25) is 19.5 Å². The molecule has 0 fully saturated rings. The van der Waals surface area contributed by atoms with E-state index in [1.807, 2.05) is 32.0 Å². The van der Waals surface area contributed by atoms with Gasteiger partial charge in [0.25, 0.3) is 5.56 Å². The second-order valence-electron chi connectivity index (χ2n) is 7.95. The Balaban J connectivity index is 1.66. The molecule has 1 aliphatic carbocycles. The van der Waals surface area contributed by atoms with Gasteiger partial charge in [0.2, 0.25) is 5.91 Å². The molecule has 0 saturated heterocycles. The third-order valence-corrected chi connectivity index (χ3v) is 7.60. The molecule has 4 rings (SSSR count). The van der Waals surface area contributed by atoms with Gasteiger partial charge in [0, 0.05) is 18.5 Å². The first-order valence-electron chi connectivity index (χ1n) is 10.7. The van der Waals surface area contributed by atoms with Crippen LogP contribution < -0.4 is 16.2 Å². The van der Waals surface area contributed by atoms with Crippen molar-refractivity contribution >= 4 is 45.3 Å². The SMILES string of the molecule is COCCNC(=O)NC(=O)CSc1nc2sc3c(c2c(=O)n1-c1ccc(C)cc1C)CCC3. The molecule has 1 aromatic carbocycles. The molecule has 0 atom stereocenters. The van der Waals surface area contributed by atoms with Crippen LogP contribution in [-0.2, 0) is 22.4 Å². The lowest BCUT2D eigenvalue weighted by atomic mass is 10.1. The normalized spacial score (nSPS) is 12.7. The van der Waals surface area contributed by atoms with E-state index in [9.17, 15) is 14.4 Å². The molecule has 0 unspecified atom stereocenters. The number of nitrogens with one attached hydrogen (secondary N) is 2. The van der Waals surface area contributed by atoms with Crippen LogP contribution in [0.3, 0.4) is 0 Å². The Labute approximate surface area is 199 Å². The summed E-state index contributed by atoms with van der Waals surface area (Å²) in [5, 5.41) is 5.97. The molecule has 0 aliphatic heterocycles. The van der Waals surface area contributed by atoms with E-state index in [0.29, 0.717) is 28.5 Å². The molecule has 1 aliphatic rings. The van der Waals surface area contributed by atoms with Crippen molar-refractivity contribution in [3.8, 4) is 5.69 Å². The molecule has 0 saturated carbocycles. The molecule has 2 aromatic heterocycles. The summed E-state index contributed by atoms with van der Waals surface area (Å²) in [6.45, 7) is 4.62. The predicted molar refractivity (Wildman–Crippen MR) is 131 cm³/mol. The van der Waals surface area contributed by atoms with Gasteiger partial charge in [-0.15, -0.1) is 11.3 Å². The lowest BCUT2D eigenvalue weighted by molar-refractivity contribution is -0.117. The lowest BCUT2D eigenvalue weighted by Gasteiger charge is -2.15. The molecule has 8 nitrogen and oxygen atoms in total. The number of methoxy groups -OCH3 is 1. The van der Waals surface area contributed by atoms with Gasteiger partial charge in [0.05, 0.1) is 23.4 Å². The number of hydrogen-bond donors (Lipinski definition) is 2. The summed E-state index contributed by atoms with van der Waals surface area (Å²) in [7, 11) is 1.53. The van der Waals surface area contributed by atoms with E-state index < -0.39 is 11.9 Å². The number of thiophene rings is 1. The lowest BCUT2D eigenvalue weighted by Crippen LogP contribution is -2.41. The van der Waals surface area contributed by atoms with Crippen molar-refractivity contribution in [1.82, 2.24) is 20.2 Å². The smallest absolute Gasteiger partial charge is 0.321 e. The number of imide groups is 1. The number of carbonyl (C=O) groups is 2. The number of nitrogens with zero attached hydrogens (tertiary/aromatic N) is 2. The molecular weight excluding hydrogens is 460 g/mol. The van der Waals surface area contributed by atoms with Crippen molar-refractivity contribution in [2.45, 2.75) is 38.3 Å². The highest BCUT2D eigenvalue weighted by Crippen LogP contribution is 2.36. The van der Waals surface area contributed by atoms with E-state index in [1.54, 1.807) is 15.9 Å². The van der Waals surface area contributed by atoms with Gasteiger partial charge in [-0.2, -0.15) is 0 Å². The fourth-order valence-electron chi connectivity index (χ4n) is 3.99. The van der Waals surface area contributed by atoms with Gasteiger partial charge in [-0.05, 0) is 50.3 Å². The van der Waals surface area contributed by atoms with Crippen molar-refractivity contribution in [1.29, 1.82) is 0 Å². The second kappa shape index (κ2) is 10.1. The van der Waals surface area contributed by atoms with Gasteiger partial charge < -0.3 is 10.1 Å². The number of urea groups is 1. The Hall–Kier alpha value is -2.69. The topological polar surface area (TPSA) is 102 Å². The summed E-state index contributed by atoms with van der Waals surface area (Å²) in [6.07, 6.45) is 2.93. The minimum absolute atomic E-state index is 0.0500. The number of ether oxygens (including phenoxy) is 1. The van der Waals surface area contributed by atoms with Crippen LogP contribution in [0.5, 0.6) is 0 Å². The quantitative estimate of drug-likeness (QED) is 0.302. The molecule has 33 heavy (non-hydrogen) atoms. The maximum Gasteiger partial charge on any atom is 0.321 e. The summed E-state index contributed by atoms with van der Waals surface area (Å²) in [4.78, 5) is 44.6. The summed E-state index contributed by atoms with van der Waals surface area (Å²) < 4.78 is 6.48. The van der Waals surface area contributed by atoms with Crippen molar-refractivity contribution in [2.24, 2.45) is 0 Å². The number of benzene rings is 1. The van der Waals surface area contributed by atoms with Gasteiger partial charge in [0.1, 0.15) is 4.83 Å². The largest absolute Gasteiger partial charge is 0.383 e. The molecule has 3 aromatic rings. The number of hydrogen-bond acceptors (Lipinski definition) is 7. The number of carbonyl (C=O) groups excluding carboxylic acids is 2. The van der Waals surface area contributed by atoms with Crippen molar-refractivity contribution in [2.75, 3.05) is 26.0 Å². The first kappa shape index (κ1) is 23.5. The zero-order valence-corrected chi connectivity index (χ0v) is 20.5. The van der Waals surface area contributed by atoms with E-state index >= 15 is 0 Å². The Morgan fingerprint density at radius 3 is 2.85 bits per heavy atom. The van der Waals surface area contributed by atoms with E-state index in [2.05, 4.69) is 10.6 Å². The fourth-order valence-corrected chi connectivity index (χ4v) is 6.10. The molecule has 0 spiro atoms. The summed E-state index contributed by atoms with van der Waals surface area (Å²) in [5.74, 6) is -0.517. The van der Waals surface area contributed by atoms with E-state index in [4.69, 9.17) is 9.72 Å². The van der Waals surface area contributed by atoms with E-state index in [0.717, 1.165) is 53.4 Å². The van der Waals surface area contributed by atoms with Crippen molar-refractivity contribution in [3.63, 3.8) is 0 Å². The highest BCUT2D eigenvalue weighted by molar-refractivity contribution is 7.99. The molecule has 10 heteroatoms. The van der Waals surface area contributed by atoms with E-state index in [1.165, 1.54) is 12.0 Å². The van der Waals surface area contributed by atoms with Crippen LogP contribution in [0.1, 0.15) is 28.0 Å². The maximum atomic E-state index is 13.7. The van der Waals surface area contributed by atoms with Crippen molar-refractivity contribution < 1.29 is 14.3 Å². The average Bonchev–Trinajstić information content (AvgIpc) is 3.34. The van der Waals surface area contributed by atoms with Crippen LogP contribution in [0.25, 0.3) is 15.9 Å². The Kier molecular flexibility index (Phi) is 7.16. The molecule has 2 heterocycles. The third kappa shape index (κ3) is 4.97. The summed E-state index contributed by atoms with van der Waals surface area (Å²) in [5.41, 5.74) is 3.81. The number of aromatic nitrogens is 2. The van der Waals surface area contributed by atoms with E-state index in [-0.39, 0.29) is 11.3 Å². The van der Waals surface area contributed by atoms with Gasteiger partial charge >= 0.3 is 6.03 Å². The predicted octanol–water partition coefficient (Wildman–Crippen LogP) is 3.12. The maximum absolute atomic E-state index is 13.7. The van der Waals surface area contributed by atoms with Gasteiger partial charge in [0.15, 0.2) is 5.16 Å². The molecule has 0 bridgehead atoms. The van der Waals surface area contributed by atoms with Crippen LogP contribution in [0.15, 0.2) is 28.2 Å². The number of thioether (sulfide) groups is 1. The Morgan fingerprint density at radius 1 is 1.27 bits per heavy atom. The molecular formula is C23H26N4O4S2. The minimum atomic E-state index is -0.581. The minimum Gasteiger partial charge on any atom is -0.383 e. The monoisotopic (exact) mass is 486 g/mol. The van der Waals surface area contributed by atoms with Gasteiger partial charge in [-0.1, -0.05) is 29.5 Å². The number of aryl methyl sites for hydroxylation is 4.